The molecule has 0 bridgehead atoms. The van der Waals surface area contributed by atoms with Gasteiger partial charge in [-0.1, -0.05) is 35.9 Å². The summed E-state index contributed by atoms with van der Waals surface area (Å²) in [6.07, 6.45) is 0. The topological polar surface area (TPSA) is 35.0 Å². The van der Waals surface area contributed by atoms with Crippen LogP contribution in [0.25, 0.3) is 0 Å². The Balaban J connectivity index is 0. The molecule has 3 N–H and O–H groups in total. The monoisotopic (exact) mass is 230 g/mol. The summed E-state index contributed by atoms with van der Waals surface area (Å²) < 4.78 is 0. The third-order valence-electron chi connectivity index (χ3n) is 0.940. The summed E-state index contributed by atoms with van der Waals surface area (Å²) in [6.45, 7) is 2.08. The average molecular weight is 231 g/mol. The Morgan fingerprint density at radius 3 is 1.67 bits per heavy atom. The van der Waals surface area contributed by atoms with Crippen molar-refractivity contribution in [2.75, 3.05) is 0 Å². The largest absolute Gasteiger partial charge is 3.00 e. The van der Waals surface area contributed by atoms with Gasteiger partial charge in [-0.25, -0.2) is 0 Å². The Kier molecular flexibility index (Phi) is 8.00. The van der Waals surface area contributed by atoms with Crippen molar-refractivity contribution >= 4 is 24.4 Å². The zero-order valence-electron chi connectivity index (χ0n) is 5.54. The maximum Gasteiger partial charge on any atom is 3.00 e. The van der Waals surface area contributed by atoms with Crippen LogP contribution in [0.4, 0.5) is 0 Å². The molecule has 0 saturated heterocycles. The van der Waals surface area contributed by atoms with Gasteiger partial charge in [-0.3, -0.25) is 0 Å². The maximum atomic E-state index is 2.08. The van der Waals surface area contributed by atoms with E-state index >= 15 is 0 Å². The third-order valence-corrected chi connectivity index (χ3v) is 0.940. The van der Waals surface area contributed by atoms with Gasteiger partial charge in [0.1, 0.15) is 0 Å². The van der Waals surface area contributed by atoms with E-state index in [0.29, 0.717) is 0 Å². The van der Waals surface area contributed by atoms with E-state index in [9.17, 15) is 0 Å². The van der Waals surface area contributed by atoms with Crippen molar-refractivity contribution in [1.29, 1.82) is 0 Å². The Hall–Kier alpha value is -0.00182. The average Bonchev–Trinajstić information content (AvgIpc) is 1.69. The van der Waals surface area contributed by atoms with Crippen LogP contribution in [-0.4, -0.2) is 24.4 Å². The van der Waals surface area contributed by atoms with Crippen molar-refractivity contribution in [3.8, 4) is 0 Å². The predicted octanol–water partition coefficient (Wildman–Crippen LogP) is 1.78. The molecular weight excluding hydrogens is 220 g/mol. The first-order chi connectivity index (χ1) is 3.39. The molecule has 1 aromatic carbocycles. The first kappa shape index (κ1) is 11.8. The molecule has 0 unspecified atom stereocenters. The zero-order valence-corrected chi connectivity index (χ0v) is 8.09. The molecule has 2 radical (unpaired) electrons. The molecule has 0 spiro atoms. The summed E-state index contributed by atoms with van der Waals surface area (Å²) in [7, 11) is 0. The van der Waals surface area contributed by atoms with Crippen LogP contribution in [0.5, 0.6) is 0 Å². The predicted molar refractivity (Wildman–Crippen MR) is 42.0 cm³/mol. The van der Waals surface area contributed by atoms with E-state index < -0.39 is 0 Å². The van der Waals surface area contributed by atoms with Crippen LogP contribution in [0.3, 0.4) is 0 Å². The number of hydrogen-bond donors (Lipinski definition) is 1. The molecule has 0 saturated carbocycles. The molecule has 1 nitrogen and oxygen atoms in total. The van der Waals surface area contributed by atoms with E-state index in [-0.39, 0.29) is 30.6 Å². The van der Waals surface area contributed by atoms with E-state index in [1.807, 2.05) is 18.2 Å². The molecule has 0 amide bonds. The molecular formula is C7H11NSb+3. The molecule has 0 aliphatic rings. The number of aryl methyl sites for hydroxylation is 1. The van der Waals surface area contributed by atoms with Crippen LogP contribution in [0.2, 0.25) is 0 Å². The summed E-state index contributed by atoms with van der Waals surface area (Å²) >= 11 is 0. The van der Waals surface area contributed by atoms with Crippen LogP contribution in [-0.2, 0) is 0 Å². The van der Waals surface area contributed by atoms with Gasteiger partial charge in [0, 0.05) is 0 Å². The Morgan fingerprint density at radius 1 is 1.00 bits per heavy atom. The van der Waals surface area contributed by atoms with Gasteiger partial charge >= 0.3 is 24.4 Å². The molecule has 0 heterocycles. The molecule has 0 aliphatic carbocycles. The second-order valence-electron chi connectivity index (χ2n) is 1.65. The van der Waals surface area contributed by atoms with E-state index in [2.05, 4.69) is 19.1 Å². The SMILES string of the molecule is Cc1ccccc1.N.[Sb+3]. The van der Waals surface area contributed by atoms with Crippen molar-refractivity contribution in [2.24, 2.45) is 0 Å². The molecule has 2 heteroatoms. The fraction of sp³-hybridized carbons (Fsp3) is 0.143. The number of rotatable bonds is 0. The first-order valence-electron chi connectivity index (χ1n) is 2.41. The Morgan fingerprint density at radius 2 is 1.44 bits per heavy atom. The van der Waals surface area contributed by atoms with Gasteiger partial charge in [-0.05, 0) is 6.92 Å². The second-order valence-corrected chi connectivity index (χ2v) is 1.65. The van der Waals surface area contributed by atoms with Gasteiger partial charge in [0.15, 0.2) is 0 Å². The van der Waals surface area contributed by atoms with Crippen molar-refractivity contribution in [2.45, 2.75) is 6.92 Å². The van der Waals surface area contributed by atoms with Gasteiger partial charge in [0.25, 0.3) is 0 Å². The zero-order chi connectivity index (χ0) is 5.11. The molecule has 0 fully saturated rings. The normalized spacial score (nSPS) is 6.78. The Labute approximate surface area is 73.5 Å². The standard InChI is InChI=1S/C7H8.H3N.Sb/c1-7-5-3-2-4-6-7;;/h2-6H,1H3;1H3;/q;;+3. The molecule has 0 aromatic heterocycles. The van der Waals surface area contributed by atoms with Gasteiger partial charge in [-0.2, -0.15) is 0 Å². The van der Waals surface area contributed by atoms with E-state index in [1.54, 1.807) is 0 Å². The minimum absolute atomic E-state index is 0. The summed E-state index contributed by atoms with van der Waals surface area (Å²) in [6, 6.07) is 10.3. The fourth-order valence-electron chi connectivity index (χ4n) is 0.534. The summed E-state index contributed by atoms with van der Waals surface area (Å²) in [5.74, 6) is 0. The maximum absolute atomic E-state index is 2.08. The first-order valence-corrected chi connectivity index (χ1v) is 2.41. The molecule has 0 atom stereocenters. The molecule has 1 aromatic rings. The van der Waals surface area contributed by atoms with E-state index in [1.165, 1.54) is 5.56 Å². The van der Waals surface area contributed by atoms with Crippen molar-refractivity contribution in [3.05, 3.63) is 35.9 Å². The quantitative estimate of drug-likeness (QED) is 0.678. The molecule has 1 rings (SSSR count). The van der Waals surface area contributed by atoms with Gasteiger partial charge in [0.05, 0.1) is 0 Å². The minimum Gasteiger partial charge on any atom is -0.344 e. The smallest absolute Gasteiger partial charge is 0.344 e. The molecule has 46 valence electrons. The summed E-state index contributed by atoms with van der Waals surface area (Å²) in [4.78, 5) is 0. The van der Waals surface area contributed by atoms with Crippen LogP contribution in [0.1, 0.15) is 5.56 Å². The third kappa shape index (κ3) is 4.50. The van der Waals surface area contributed by atoms with Crippen LogP contribution in [0, 0.1) is 6.92 Å². The van der Waals surface area contributed by atoms with E-state index in [0.717, 1.165) is 0 Å². The van der Waals surface area contributed by atoms with Crippen molar-refractivity contribution in [3.63, 3.8) is 0 Å². The van der Waals surface area contributed by atoms with Crippen molar-refractivity contribution < 1.29 is 0 Å². The molecule has 9 heavy (non-hydrogen) atoms. The van der Waals surface area contributed by atoms with Gasteiger partial charge < -0.3 is 6.15 Å². The molecule has 0 aliphatic heterocycles. The number of benzene rings is 1. The van der Waals surface area contributed by atoms with Gasteiger partial charge in [0.2, 0.25) is 0 Å². The van der Waals surface area contributed by atoms with Crippen LogP contribution >= 0.6 is 0 Å². The Bertz CT molecular complexity index is 139. The minimum atomic E-state index is 0. The number of hydrogen-bond acceptors (Lipinski definition) is 1. The van der Waals surface area contributed by atoms with Gasteiger partial charge in [-0.15, -0.1) is 0 Å². The second kappa shape index (κ2) is 6.12. The summed E-state index contributed by atoms with van der Waals surface area (Å²) in [5, 5.41) is 0. The van der Waals surface area contributed by atoms with Crippen LogP contribution < -0.4 is 6.15 Å². The fourth-order valence-corrected chi connectivity index (χ4v) is 0.534. The van der Waals surface area contributed by atoms with E-state index in [4.69, 9.17) is 0 Å². The van der Waals surface area contributed by atoms with Crippen LogP contribution in [0.15, 0.2) is 30.3 Å². The summed E-state index contributed by atoms with van der Waals surface area (Å²) in [5.41, 5.74) is 1.32. The van der Waals surface area contributed by atoms with Crippen molar-refractivity contribution in [1.82, 2.24) is 6.15 Å².